The Bertz CT molecular complexity index is 454. The molecule has 0 spiro atoms. The molecule has 1 aromatic heterocycles. The minimum atomic E-state index is -2.94. The molecule has 0 bridgehead atoms. The summed E-state index contributed by atoms with van der Waals surface area (Å²) in [4.78, 5) is 6.06. The largest absolute Gasteiger partial charge is 0.359 e. The molecule has 1 unspecified atom stereocenters. The molecular formula is C11H19N3O2S. The minimum Gasteiger partial charge on any atom is -0.359 e. The van der Waals surface area contributed by atoms with Crippen molar-refractivity contribution in [3.8, 4) is 0 Å². The number of hydrogen-bond donors (Lipinski definition) is 1. The Labute approximate surface area is 103 Å². The number of nitrogens with zero attached hydrogens (tertiary/aromatic N) is 2. The van der Waals surface area contributed by atoms with Crippen LogP contribution in [0, 0.1) is 0 Å². The molecular weight excluding hydrogens is 238 g/mol. The Kier molecular flexibility index (Phi) is 4.47. The van der Waals surface area contributed by atoms with Gasteiger partial charge in [0.2, 0.25) is 0 Å². The van der Waals surface area contributed by atoms with Crippen LogP contribution in [0.5, 0.6) is 0 Å². The molecule has 6 heteroatoms. The Morgan fingerprint density at radius 1 is 1.47 bits per heavy atom. The molecule has 1 rings (SSSR count). The fourth-order valence-electron chi connectivity index (χ4n) is 1.31. The van der Waals surface area contributed by atoms with Gasteiger partial charge in [0.1, 0.15) is 15.7 Å². The van der Waals surface area contributed by atoms with E-state index in [4.69, 9.17) is 5.73 Å². The standard InChI is InChI=1S/C11H19N3O2S/c1-9(12)10-4-5-11(13-8-10)14(2)6-7-17(3,15)16/h4-5,8-9H,6-7,12H2,1-3H3. The maximum absolute atomic E-state index is 11.0. The molecule has 96 valence electrons. The number of nitrogens with two attached hydrogens (primary N) is 1. The van der Waals surface area contributed by atoms with Crippen molar-refractivity contribution in [1.29, 1.82) is 0 Å². The van der Waals surface area contributed by atoms with E-state index in [1.165, 1.54) is 6.26 Å². The zero-order valence-corrected chi connectivity index (χ0v) is 11.2. The molecule has 0 aliphatic rings. The van der Waals surface area contributed by atoms with Crippen molar-refractivity contribution in [3.63, 3.8) is 0 Å². The lowest BCUT2D eigenvalue weighted by atomic mass is 10.1. The van der Waals surface area contributed by atoms with Gasteiger partial charge in [-0.15, -0.1) is 0 Å². The summed E-state index contributed by atoms with van der Waals surface area (Å²) < 4.78 is 22.1. The van der Waals surface area contributed by atoms with Crippen LogP contribution in [-0.4, -0.2) is 39.0 Å². The van der Waals surface area contributed by atoms with E-state index in [9.17, 15) is 8.42 Å². The SMILES string of the molecule is CC(N)c1ccc(N(C)CCS(C)(=O)=O)nc1. The summed E-state index contributed by atoms with van der Waals surface area (Å²) in [5.41, 5.74) is 6.69. The smallest absolute Gasteiger partial charge is 0.149 e. The minimum absolute atomic E-state index is 0.0436. The molecule has 0 aliphatic carbocycles. The molecule has 0 aromatic carbocycles. The van der Waals surface area contributed by atoms with Gasteiger partial charge in [-0.25, -0.2) is 13.4 Å². The Morgan fingerprint density at radius 3 is 2.53 bits per heavy atom. The second-order valence-corrected chi connectivity index (χ2v) is 6.55. The van der Waals surface area contributed by atoms with E-state index >= 15 is 0 Å². The molecule has 0 radical (unpaired) electrons. The van der Waals surface area contributed by atoms with Gasteiger partial charge in [-0.05, 0) is 18.6 Å². The van der Waals surface area contributed by atoms with Gasteiger partial charge in [-0.1, -0.05) is 6.07 Å². The van der Waals surface area contributed by atoms with Crippen LogP contribution < -0.4 is 10.6 Å². The first-order chi connectivity index (χ1) is 7.79. The van der Waals surface area contributed by atoms with E-state index in [0.29, 0.717) is 6.54 Å². The van der Waals surface area contributed by atoms with Crippen LogP contribution in [0.3, 0.4) is 0 Å². The summed E-state index contributed by atoms with van der Waals surface area (Å²) in [6, 6.07) is 3.71. The number of aromatic nitrogens is 1. The van der Waals surface area contributed by atoms with E-state index in [1.54, 1.807) is 6.20 Å². The first kappa shape index (κ1) is 13.9. The van der Waals surface area contributed by atoms with Gasteiger partial charge in [0, 0.05) is 32.1 Å². The lowest BCUT2D eigenvalue weighted by Gasteiger charge is -2.18. The zero-order chi connectivity index (χ0) is 13.1. The topological polar surface area (TPSA) is 76.3 Å². The van der Waals surface area contributed by atoms with Gasteiger partial charge >= 0.3 is 0 Å². The van der Waals surface area contributed by atoms with Crippen LogP contribution in [0.2, 0.25) is 0 Å². The van der Waals surface area contributed by atoms with Crippen LogP contribution in [-0.2, 0) is 9.84 Å². The molecule has 0 amide bonds. The lowest BCUT2D eigenvalue weighted by molar-refractivity contribution is 0.601. The highest BCUT2D eigenvalue weighted by molar-refractivity contribution is 7.90. The third kappa shape index (κ3) is 4.70. The van der Waals surface area contributed by atoms with E-state index in [1.807, 2.05) is 31.0 Å². The van der Waals surface area contributed by atoms with Crippen LogP contribution in [0.1, 0.15) is 18.5 Å². The predicted molar refractivity (Wildman–Crippen MR) is 69.8 cm³/mol. The molecule has 5 nitrogen and oxygen atoms in total. The van der Waals surface area contributed by atoms with Gasteiger partial charge in [0.15, 0.2) is 0 Å². The average Bonchev–Trinajstić information content (AvgIpc) is 2.25. The first-order valence-electron chi connectivity index (χ1n) is 5.40. The highest BCUT2D eigenvalue weighted by Crippen LogP contribution is 2.13. The van der Waals surface area contributed by atoms with Crippen molar-refractivity contribution in [1.82, 2.24) is 4.98 Å². The zero-order valence-electron chi connectivity index (χ0n) is 10.4. The summed E-state index contributed by atoms with van der Waals surface area (Å²) in [7, 11) is -1.12. The second kappa shape index (κ2) is 5.46. The fraction of sp³-hybridized carbons (Fsp3) is 0.545. The number of pyridine rings is 1. The summed E-state index contributed by atoms with van der Waals surface area (Å²) in [5, 5.41) is 0. The Balaban J connectivity index is 2.67. The quantitative estimate of drug-likeness (QED) is 0.835. The molecule has 1 atom stereocenters. The number of sulfone groups is 1. The molecule has 2 N–H and O–H groups in total. The first-order valence-corrected chi connectivity index (χ1v) is 7.46. The van der Waals surface area contributed by atoms with E-state index in [-0.39, 0.29) is 11.8 Å². The summed E-state index contributed by atoms with van der Waals surface area (Å²) >= 11 is 0. The van der Waals surface area contributed by atoms with Gasteiger partial charge < -0.3 is 10.6 Å². The van der Waals surface area contributed by atoms with E-state index < -0.39 is 9.84 Å². The highest BCUT2D eigenvalue weighted by atomic mass is 32.2. The number of hydrogen-bond acceptors (Lipinski definition) is 5. The molecule has 0 aliphatic heterocycles. The van der Waals surface area contributed by atoms with Crippen LogP contribution in [0.4, 0.5) is 5.82 Å². The second-order valence-electron chi connectivity index (χ2n) is 4.29. The van der Waals surface area contributed by atoms with Gasteiger partial charge in [-0.2, -0.15) is 0 Å². The van der Waals surface area contributed by atoms with Crippen molar-refractivity contribution in [2.24, 2.45) is 5.73 Å². The maximum atomic E-state index is 11.0. The van der Waals surface area contributed by atoms with Gasteiger partial charge in [0.05, 0.1) is 5.75 Å². The Hall–Kier alpha value is -1.14. The normalized spacial score (nSPS) is 13.4. The molecule has 0 saturated heterocycles. The third-order valence-electron chi connectivity index (χ3n) is 2.49. The third-order valence-corrected chi connectivity index (χ3v) is 3.41. The predicted octanol–water partition coefficient (Wildman–Crippen LogP) is 0.582. The van der Waals surface area contributed by atoms with E-state index in [0.717, 1.165) is 11.4 Å². The fourth-order valence-corrected chi connectivity index (χ4v) is 1.92. The van der Waals surface area contributed by atoms with Crippen molar-refractivity contribution in [2.45, 2.75) is 13.0 Å². The van der Waals surface area contributed by atoms with E-state index in [2.05, 4.69) is 4.98 Å². The summed E-state index contributed by atoms with van der Waals surface area (Å²) in [5.74, 6) is 0.873. The number of anilines is 1. The molecule has 0 saturated carbocycles. The molecule has 1 heterocycles. The maximum Gasteiger partial charge on any atom is 0.149 e. The monoisotopic (exact) mass is 257 g/mol. The molecule has 0 fully saturated rings. The lowest BCUT2D eigenvalue weighted by Crippen LogP contribution is -2.25. The van der Waals surface area contributed by atoms with Crippen molar-refractivity contribution < 1.29 is 8.42 Å². The molecule has 1 aromatic rings. The van der Waals surface area contributed by atoms with Crippen LogP contribution in [0.15, 0.2) is 18.3 Å². The molecule has 17 heavy (non-hydrogen) atoms. The van der Waals surface area contributed by atoms with Crippen molar-refractivity contribution >= 4 is 15.7 Å². The van der Waals surface area contributed by atoms with Gasteiger partial charge in [0.25, 0.3) is 0 Å². The Morgan fingerprint density at radius 2 is 2.12 bits per heavy atom. The highest BCUT2D eigenvalue weighted by Gasteiger charge is 2.08. The van der Waals surface area contributed by atoms with Gasteiger partial charge in [-0.3, -0.25) is 0 Å². The summed E-state index contributed by atoms with van der Waals surface area (Å²) in [6.45, 7) is 2.33. The van der Waals surface area contributed by atoms with Crippen LogP contribution in [0.25, 0.3) is 0 Å². The van der Waals surface area contributed by atoms with Crippen molar-refractivity contribution in [2.75, 3.05) is 30.5 Å². The summed E-state index contributed by atoms with van der Waals surface area (Å²) in [6.07, 6.45) is 2.95. The average molecular weight is 257 g/mol. The van der Waals surface area contributed by atoms with Crippen molar-refractivity contribution in [3.05, 3.63) is 23.9 Å². The number of rotatable bonds is 5. The van der Waals surface area contributed by atoms with Crippen LogP contribution >= 0.6 is 0 Å².